The van der Waals surface area contributed by atoms with Crippen molar-refractivity contribution in [3.8, 4) is 0 Å². The number of hydrogen-bond acceptors (Lipinski definition) is 2. The Hall–Kier alpha value is -0.470. The molecule has 0 radical (unpaired) electrons. The molecule has 2 heteroatoms. The standard InChI is InChI=1S/C14H23NS/c1-4-11(2)9-16-10-14-6-5-13(8-15)7-12(14)3/h5-7,11H,4,8-10,15H2,1-3H3. The first-order chi connectivity index (χ1) is 7.67. The molecule has 1 aromatic carbocycles. The maximum atomic E-state index is 5.62. The van der Waals surface area contributed by atoms with Crippen LogP contribution >= 0.6 is 11.8 Å². The van der Waals surface area contributed by atoms with Crippen LogP contribution in [-0.2, 0) is 12.3 Å². The van der Waals surface area contributed by atoms with E-state index in [-0.39, 0.29) is 0 Å². The highest BCUT2D eigenvalue weighted by molar-refractivity contribution is 7.98. The van der Waals surface area contributed by atoms with Crippen LogP contribution in [0.5, 0.6) is 0 Å². The quantitative estimate of drug-likeness (QED) is 0.816. The predicted molar refractivity (Wildman–Crippen MR) is 74.7 cm³/mol. The van der Waals surface area contributed by atoms with Crippen molar-refractivity contribution in [2.24, 2.45) is 11.7 Å². The zero-order valence-corrected chi connectivity index (χ0v) is 11.4. The van der Waals surface area contributed by atoms with Crippen molar-refractivity contribution < 1.29 is 0 Å². The van der Waals surface area contributed by atoms with Crippen LogP contribution in [0.3, 0.4) is 0 Å². The Morgan fingerprint density at radius 1 is 1.38 bits per heavy atom. The van der Waals surface area contributed by atoms with E-state index >= 15 is 0 Å². The van der Waals surface area contributed by atoms with E-state index in [0.717, 1.165) is 11.7 Å². The topological polar surface area (TPSA) is 26.0 Å². The average Bonchev–Trinajstić information content (AvgIpc) is 2.30. The van der Waals surface area contributed by atoms with E-state index in [4.69, 9.17) is 5.73 Å². The molecule has 1 aromatic rings. The van der Waals surface area contributed by atoms with Gasteiger partial charge in [0.05, 0.1) is 0 Å². The van der Waals surface area contributed by atoms with Gasteiger partial charge in [-0.3, -0.25) is 0 Å². The van der Waals surface area contributed by atoms with Gasteiger partial charge in [-0.15, -0.1) is 0 Å². The molecule has 0 saturated heterocycles. The molecule has 0 aliphatic rings. The molecule has 0 aliphatic carbocycles. The molecular weight excluding hydrogens is 214 g/mol. The first-order valence-electron chi connectivity index (χ1n) is 6.03. The Bertz CT molecular complexity index is 323. The zero-order chi connectivity index (χ0) is 12.0. The van der Waals surface area contributed by atoms with E-state index in [2.05, 4.69) is 39.0 Å². The zero-order valence-electron chi connectivity index (χ0n) is 10.6. The molecule has 1 atom stereocenters. The number of hydrogen-bond donors (Lipinski definition) is 1. The second kappa shape index (κ2) is 6.97. The van der Waals surface area contributed by atoms with Gasteiger partial charge < -0.3 is 5.73 Å². The third-order valence-electron chi connectivity index (χ3n) is 3.00. The highest BCUT2D eigenvalue weighted by Crippen LogP contribution is 2.20. The Labute approximate surface area is 104 Å². The summed E-state index contributed by atoms with van der Waals surface area (Å²) in [7, 11) is 0. The normalized spacial score (nSPS) is 12.8. The summed E-state index contributed by atoms with van der Waals surface area (Å²) >= 11 is 2.04. The third-order valence-corrected chi connectivity index (χ3v) is 4.32. The van der Waals surface area contributed by atoms with Gasteiger partial charge in [-0.1, -0.05) is 38.5 Å². The molecule has 90 valence electrons. The molecule has 1 unspecified atom stereocenters. The molecule has 0 aliphatic heterocycles. The van der Waals surface area contributed by atoms with Crippen molar-refractivity contribution in [3.63, 3.8) is 0 Å². The number of aryl methyl sites for hydroxylation is 1. The summed E-state index contributed by atoms with van der Waals surface area (Å²) in [5, 5.41) is 0. The van der Waals surface area contributed by atoms with Crippen LogP contribution in [0.2, 0.25) is 0 Å². The van der Waals surface area contributed by atoms with Crippen LogP contribution < -0.4 is 5.73 Å². The first kappa shape index (κ1) is 13.6. The maximum absolute atomic E-state index is 5.62. The van der Waals surface area contributed by atoms with Gasteiger partial charge >= 0.3 is 0 Å². The summed E-state index contributed by atoms with van der Waals surface area (Å²) in [4.78, 5) is 0. The molecular formula is C14H23NS. The summed E-state index contributed by atoms with van der Waals surface area (Å²) in [6, 6.07) is 6.58. The van der Waals surface area contributed by atoms with E-state index in [1.165, 1.54) is 28.9 Å². The van der Waals surface area contributed by atoms with Crippen LogP contribution in [0, 0.1) is 12.8 Å². The SMILES string of the molecule is CCC(C)CSCc1ccc(CN)cc1C. The highest BCUT2D eigenvalue weighted by atomic mass is 32.2. The van der Waals surface area contributed by atoms with Crippen molar-refractivity contribution in [2.45, 2.75) is 39.5 Å². The molecule has 0 fully saturated rings. The van der Waals surface area contributed by atoms with E-state index in [0.29, 0.717) is 6.54 Å². The van der Waals surface area contributed by atoms with Crippen LogP contribution in [0.1, 0.15) is 37.0 Å². The van der Waals surface area contributed by atoms with Gasteiger partial charge in [-0.25, -0.2) is 0 Å². The number of thioether (sulfide) groups is 1. The Morgan fingerprint density at radius 3 is 2.69 bits per heavy atom. The minimum absolute atomic E-state index is 0.640. The van der Waals surface area contributed by atoms with Crippen molar-refractivity contribution in [2.75, 3.05) is 5.75 Å². The van der Waals surface area contributed by atoms with Gasteiger partial charge in [-0.05, 0) is 35.3 Å². The van der Waals surface area contributed by atoms with Crippen LogP contribution in [0.15, 0.2) is 18.2 Å². The molecule has 0 saturated carbocycles. The fourth-order valence-electron chi connectivity index (χ4n) is 1.53. The van der Waals surface area contributed by atoms with E-state index in [9.17, 15) is 0 Å². The minimum atomic E-state index is 0.640. The Kier molecular flexibility index (Phi) is 5.93. The second-order valence-corrected chi connectivity index (χ2v) is 5.52. The van der Waals surface area contributed by atoms with Gasteiger partial charge in [0.1, 0.15) is 0 Å². The molecule has 16 heavy (non-hydrogen) atoms. The number of rotatable bonds is 6. The molecule has 1 nitrogen and oxygen atoms in total. The lowest BCUT2D eigenvalue weighted by Crippen LogP contribution is -1.99. The van der Waals surface area contributed by atoms with Crippen LogP contribution in [-0.4, -0.2) is 5.75 Å². The van der Waals surface area contributed by atoms with Gasteiger partial charge in [0, 0.05) is 12.3 Å². The molecule has 0 spiro atoms. The van der Waals surface area contributed by atoms with Crippen LogP contribution in [0.25, 0.3) is 0 Å². The minimum Gasteiger partial charge on any atom is -0.326 e. The summed E-state index contributed by atoms with van der Waals surface area (Å²) in [5.74, 6) is 3.21. The summed E-state index contributed by atoms with van der Waals surface area (Å²) < 4.78 is 0. The molecule has 0 heterocycles. The molecule has 0 amide bonds. The Balaban J connectivity index is 2.48. The second-order valence-electron chi connectivity index (χ2n) is 4.49. The fraction of sp³-hybridized carbons (Fsp3) is 0.571. The van der Waals surface area contributed by atoms with Gasteiger partial charge in [0.2, 0.25) is 0 Å². The largest absolute Gasteiger partial charge is 0.326 e. The van der Waals surface area contributed by atoms with E-state index in [1.807, 2.05) is 11.8 Å². The lowest BCUT2D eigenvalue weighted by Gasteiger charge is -2.10. The molecule has 0 aromatic heterocycles. The van der Waals surface area contributed by atoms with Crippen LogP contribution in [0.4, 0.5) is 0 Å². The molecule has 0 bridgehead atoms. The fourth-order valence-corrected chi connectivity index (χ4v) is 2.83. The average molecular weight is 237 g/mol. The Morgan fingerprint density at radius 2 is 2.12 bits per heavy atom. The van der Waals surface area contributed by atoms with Crippen molar-refractivity contribution in [1.29, 1.82) is 0 Å². The lowest BCUT2D eigenvalue weighted by atomic mass is 10.1. The van der Waals surface area contributed by atoms with E-state index in [1.54, 1.807) is 0 Å². The monoisotopic (exact) mass is 237 g/mol. The van der Waals surface area contributed by atoms with Crippen molar-refractivity contribution >= 4 is 11.8 Å². The summed E-state index contributed by atoms with van der Waals surface area (Å²) in [6.45, 7) is 7.39. The summed E-state index contributed by atoms with van der Waals surface area (Å²) in [5.41, 5.74) is 9.68. The lowest BCUT2D eigenvalue weighted by molar-refractivity contribution is 0.637. The van der Waals surface area contributed by atoms with Gasteiger partial charge in [0.25, 0.3) is 0 Å². The first-order valence-corrected chi connectivity index (χ1v) is 7.19. The maximum Gasteiger partial charge on any atom is 0.0187 e. The predicted octanol–water partition coefficient (Wildman–Crippen LogP) is 3.73. The number of nitrogens with two attached hydrogens (primary N) is 1. The molecule has 1 rings (SSSR count). The molecule has 2 N–H and O–H groups in total. The summed E-state index contributed by atoms with van der Waals surface area (Å²) in [6.07, 6.45) is 1.28. The third kappa shape index (κ3) is 4.18. The van der Waals surface area contributed by atoms with Gasteiger partial charge in [-0.2, -0.15) is 11.8 Å². The van der Waals surface area contributed by atoms with Crippen molar-refractivity contribution in [1.82, 2.24) is 0 Å². The van der Waals surface area contributed by atoms with Crippen molar-refractivity contribution in [3.05, 3.63) is 34.9 Å². The highest BCUT2D eigenvalue weighted by Gasteiger charge is 2.02. The smallest absolute Gasteiger partial charge is 0.0187 e. The number of benzene rings is 1. The van der Waals surface area contributed by atoms with Gasteiger partial charge in [0.15, 0.2) is 0 Å². The van der Waals surface area contributed by atoms with E-state index < -0.39 is 0 Å².